The van der Waals surface area contributed by atoms with Crippen LogP contribution in [0.5, 0.6) is 11.5 Å². The molecule has 2 aliphatic carbocycles. The topological polar surface area (TPSA) is 85.0 Å². The Labute approximate surface area is 158 Å². The number of aliphatic hydroxyl groups is 1. The highest BCUT2D eigenvalue weighted by Crippen LogP contribution is 2.66. The Hall–Kier alpha value is -2.05. The van der Waals surface area contributed by atoms with E-state index in [0.29, 0.717) is 11.8 Å². The van der Waals surface area contributed by atoms with Crippen LogP contribution in [0, 0.1) is 5.92 Å². The van der Waals surface area contributed by atoms with E-state index in [1.54, 1.807) is 7.11 Å². The van der Waals surface area contributed by atoms with Crippen molar-refractivity contribution in [2.75, 3.05) is 20.7 Å². The summed E-state index contributed by atoms with van der Waals surface area (Å²) < 4.78 is 12.2. The van der Waals surface area contributed by atoms with Gasteiger partial charge in [-0.2, -0.15) is 0 Å². The maximum absolute atomic E-state index is 11.7. The van der Waals surface area contributed by atoms with Crippen molar-refractivity contribution in [3.8, 4) is 11.5 Å². The Morgan fingerprint density at radius 3 is 2.96 bits per heavy atom. The van der Waals surface area contributed by atoms with Gasteiger partial charge in [-0.1, -0.05) is 12.2 Å². The first kappa shape index (κ1) is 17.1. The van der Waals surface area contributed by atoms with Gasteiger partial charge in [0.05, 0.1) is 18.9 Å². The van der Waals surface area contributed by atoms with Gasteiger partial charge in [-0.3, -0.25) is 4.79 Å². The molecule has 5 atom stereocenters. The zero-order chi connectivity index (χ0) is 19.1. The van der Waals surface area contributed by atoms with Crippen LogP contribution in [0.2, 0.25) is 0 Å². The smallest absolute Gasteiger partial charge is 0.221 e. The van der Waals surface area contributed by atoms with E-state index in [4.69, 9.17) is 15.2 Å². The first-order valence-electron chi connectivity index (χ1n) is 9.60. The largest absolute Gasteiger partial charge is 0.493 e. The van der Waals surface area contributed by atoms with E-state index in [1.807, 2.05) is 19.1 Å². The lowest BCUT2D eigenvalue weighted by atomic mass is 9.49. The maximum atomic E-state index is 11.7. The van der Waals surface area contributed by atoms with E-state index in [-0.39, 0.29) is 23.7 Å². The lowest BCUT2D eigenvalue weighted by Gasteiger charge is -2.60. The SMILES string of the molecule is COc1cc(CC(N)=O)c2c3c1O[C@@]1(C)[C@@H](O)C=C[C@H]4[C@@H](C2)N(C)CC[C@@]341. The summed E-state index contributed by atoms with van der Waals surface area (Å²) in [5, 5.41) is 11.0. The van der Waals surface area contributed by atoms with Gasteiger partial charge >= 0.3 is 0 Å². The second-order valence-electron chi connectivity index (χ2n) is 8.60. The quantitative estimate of drug-likeness (QED) is 0.773. The normalized spacial score (nSPS) is 38.3. The molecule has 144 valence electrons. The van der Waals surface area contributed by atoms with Crippen LogP contribution in [-0.2, 0) is 23.1 Å². The average molecular weight is 370 g/mol. The molecule has 1 saturated heterocycles. The molecule has 2 bridgehead atoms. The number of likely N-dealkylation sites (tertiary alicyclic amines) is 1. The number of nitrogens with zero attached hydrogens (tertiary/aromatic N) is 1. The van der Waals surface area contributed by atoms with Crippen molar-refractivity contribution < 1.29 is 19.4 Å². The fraction of sp³-hybridized carbons (Fsp3) is 0.571. The number of aliphatic hydroxyl groups excluding tert-OH is 1. The highest BCUT2D eigenvalue weighted by Gasteiger charge is 2.70. The molecule has 1 aromatic rings. The average Bonchev–Trinajstić information content (AvgIpc) is 2.90. The van der Waals surface area contributed by atoms with E-state index in [2.05, 4.69) is 18.0 Å². The van der Waals surface area contributed by atoms with Gasteiger partial charge in [0.15, 0.2) is 11.5 Å². The predicted molar refractivity (Wildman–Crippen MR) is 100.0 cm³/mol. The number of hydrogen-bond acceptors (Lipinski definition) is 5. The molecule has 2 heterocycles. The van der Waals surface area contributed by atoms with Gasteiger partial charge < -0.3 is 25.2 Å². The molecule has 0 saturated carbocycles. The third-order valence-electron chi connectivity index (χ3n) is 7.56. The Morgan fingerprint density at radius 2 is 2.26 bits per heavy atom. The summed E-state index contributed by atoms with van der Waals surface area (Å²) in [7, 11) is 3.77. The van der Waals surface area contributed by atoms with Gasteiger partial charge in [-0.25, -0.2) is 0 Å². The Balaban J connectivity index is 1.85. The number of methoxy groups -OCH3 is 1. The van der Waals surface area contributed by atoms with E-state index < -0.39 is 11.7 Å². The van der Waals surface area contributed by atoms with Gasteiger partial charge in [0.1, 0.15) is 11.7 Å². The molecule has 5 rings (SSSR count). The van der Waals surface area contributed by atoms with Crippen LogP contribution in [0.3, 0.4) is 0 Å². The summed E-state index contributed by atoms with van der Waals surface area (Å²) in [5.74, 6) is 1.26. The standard InChI is InChI=1S/C21H26N2O4/c1-20-16(24)5-4-13-14-10-12-11(9-17(22)25)8-15(26-3)19(27-20)18(12)21(13,20)6-7-23(14)2/h4-5,8,13-14,16,24H,6-7,9-10H2,1-3H3,(H2,22,25)/t13-,14+,16-,20-,21-/m0/s1. The van der Waals surface area contributed by atoms with Crippen molar-refractivity contribution in [3.05, 3.63) is 34.9 Å². The fourth-order valence-corrected chi connectivity index (χ4v) is 6.26. The number of nitrogens with two attached hydrogens (primary N) is 1. The van der Waals surface area contributed by atoms with Gasteiger partial charge in [0.25, 0.3) is 0 Å². The molecule has 4 aliphatic rings. The highest BCUT2D eigenvalue weighted by atomic mass is 16.5. The fourth-order valence-electron chi connectivity index (χ4n) is 6.26. The summed E-state index contributed by atoms with van der Waals surface area (Å²) in [6.45, 7) is 2.97. The third kappa shape index (κ3) is 1.85. The minimum atomic E-state index is -0.748. The number of piperidine rings is 1. The molecule has 6 nitrogen and oxygen atoms in total. The zero-order valence-corrected chi connectivity index (χ0v) is 16.0. The van der Waals surface area contributed by atoms with Crippen molar-refractivity contribution >= 4 is 5.91 Å². The van der Waals surface area contributed by atoms with Crippen LogP contribution in [-0.4, -0.2) is 54.4 Å². The first-order chi connectivity index (χ1) is 12.8. The maximum Gasteiger partial charge on any atom is 0.221 e. The number of carbonyl (C=O) groups excluding carboxylic acids is 1. The summed E-state index contributed by atoms with van der Waals surface area (Å²) in [4.78, 5) is 14.1. The number of benzene rings is 1. The number of likely N-dealkylation sites (N-methyl/N-ethyl adjacent to an activating group) is 1. The number of primary amides is 1. The predicted octanol–water partition coefficient (Wildman–Crippen LogP) is 0.919. The molecule has 0 unspecified atom stereocenters. The molecule has 6 heteroatoms. The number of rotatable bonds is 3. The summed E-state index contributed by atoms with van der Waals surface area (Å²) in [5.41, 5.74) is 7.70. The third-order valence-corrected chi connectivity index (χ3v) is 7.56. The second-order valence-corrected chi connectivity index (χ2v) is 8.60. The number of ether oxygens (including phenoxy) is 2. The van der Waals surface area contributed by atoms with Crippen LogP contribution in [0.15, 0.2) is 18.2 Å². The molecule has 0 aromatic heterocycles. The van der Waals surface area contributed by atoms with E-state index in [9.17, 15) is 9.90 Å². The van der Waals surface area contributed by atoms with E-state index in [0.717, 1.165) is 41.8 Å². The zero-order valence-electron chi connectivity index (χ0n) is 16.0. The van der Waals surface area contributed by atoms with Gasteiger partial charge in [0.2, 0.25) is 5.91 Å². The Bertz CT molecular complexity index is 881. The summed E-state index contributed by atoms with van der Waals surface area (Å²) in [6, 6.07) is 2.20. The van der Waals surface area contributed by atoms with Crippen molar-refractivity contribution in [3.63, 3.8) is 0 Å². The number of hydrogen-bond donors (Lipinski definition) is 2. The molecule has 2 aliphatic heterocycles. The Morgan fingerprint density at radius 1 is 1.48 bits per heavy atom. The highest BCUT2D eigenvalue weighted by molar-refractivity contribution is 5.78. The van der Waals surface area contributed by atoms with Crippen LogP contribution in [0.25, 0.3) is 0 Å². The molecular weight excluding hydrogens is 344 g/mol. The molecular formula is C21H26N2O4. The van der Waals surface area contributed by atoms with Gasteiger partial charge in [0, 0.05) is 17.5 Å². The van der Waals surface area contributed by atoms with Crippen LogP contribution < -0.4 is 15.2 Å². The molecule has 3 N–H and O–H groups in total. The molecule has 1 aromatic carbocycles. The Kier molecular flexibility index (Phi) is 3.33. The number of amides is 1. The summed E-state index contributed by atoms with van der Waals surface area (Å²) in [6.07, 6.45) is 5.30. The molecule has 1 spiro atoms. The molecule has 27 heavy (non-hydrogen) atoms. The summed E-state index contributed by atoms with van der Waals surface area (Å²) >= 11 is 0. The first-order valence-corrected chi connectivity index (χ1v) is 9.60. The van der Waals surface area contributed by atoms with E-state index in [1.165, 1.54) is 0 Å². The van der Waals surface area contributed by atoms with Crippen molar-refractivity contribution in [2.24, 2.45) is 11.7 Å². The van der Waals surface area contributed by atoms with Crippen molar-refractivity contribution in [1.29, 1.82) is 0 Å². The number of carbonyl (C=O) groups is 1. The van der Waals surface area contributed by atoms with Crippen LogP contribution >= 0.6 is 0 Å². The van der Waals surface area contributed by atoms with Gasteiger partial charge in [-0.05, 0) is 50.6 Å². The monoisotopic (exact) mass is 370 g/mol. The molecule has 1 amide bonds. The minimum Gasteiger partial charge on any atom is -0.493 e. The minimum absolute atomic E-state index is 0.186. The molecule has 0 radical (unpaired) electrons. The second kappa shape index (κ2) is 5.26. The van der Waals surface area contributed by atoms with Crippen LogP contribution in [0.4, 0.5) is 0 Å². The van der Waals surface area contributed by atoms with Crippen LogP contribution in [0.1, 0.15) is 30.0 Å². The van der Waals surface area contributed by atoms with Crippen molar-refractivity contribution in [1.82, 2.24) is 4.90 Å². The lowest BCUT2D eigenvalue weighted by Crippen LogP contribution is -2.70. The molecule has 1 fully saturated rings. The van der Waals surface area contributed by atoms with E-state index >= 15 is 0 Å². The van der Waals surface area contributed by atoms with Crippen molar-refractivity contribution in [2.45, 2.75) is 49.3 Å². The lowest BCUT2D eigenvalue weighted by molar-refractivity contribution is -0.117. The van der Waals surface area contributed by atoms with Gasteiger partial charge in [-0.15, -0.1) is 0 Å².